The molecule has 0 spiro atoms. The van der Waals surface area contributed by atoms with Crippen molar-refractivity contribution in [1.29, 1.82) is 0 Å². The van der Waals surface area contributed by atoms with E-state index in [0.29, 0.717) is 16.7 Å². The molecule has 2 N–H and O–H groups in total. The van der Waals surface area contributed by atoms with Crippen LogP contribution in [0, 0.1) is 5.92 Å². The van der Waals surface area contributed by atoms with E-state index in [0.717, 1.165) is 5.25 Å². The highest BCUT2D eigenvalue weighted by molar-refractivity contribution is 8.80. The molecule has 1 rings (SSSR count). The van der Waals surface area contributed by atoms with Crippen LogP contribution >= 0.6 is 21.6 Å². The summed E-state index contributed by atoms with van der Waals surface area (Å²) in [4.78, 5) is 0. The molecule has 4 unspecified atom stereocenters. The van der Waals surface area contributed by atoms with Gasteiger partial charge in [0.1, 0.15) is 0 Å². The number of rotatable bonds is 3. The molecule has 0 aromatic heterocycles. The van der Waals surface area contributed by atoms with E-state index in [-0.39, 0.29) is 0 Å². The summed E-state index contributed by atoms with van der Waals surface area (Å²) >= 11 is 0. The Morgan fingerprint density at radius 2 is 2.17 bits per heavy atom. The quantitative estimate of drug-likeness (QED) is 0.718. The van der Waals surface area contributed by atoms with Crippen LogP contribution in [-0.4, -0.2) is 16.0 Å². The highest BCUT2D eigenvalue weighted by Crippen LogP contribution is 2.60. The summed E-state index contributed by atoms with van der Waals surface area (Å²) in [6, 6.07) is 0.329. The molecule has 0 aliphatic carbocycles. The summed E-state index contributed by atoms with van der Waals surface area (Å²) in [5.41, 5.74) is 5.98. The Bertz CT molecular complexity index is 161. The summed E-state index contributed by atoms with van der Waals surface area (Å²) in [5.74, 6) is 0.666. The van der Waals surface area contributed by atoms with Gasteiger partial charge in [-0.05, 0) is 19.8 Å². The molecule has 12 heavy (non-hydrogen) atoms. The molecular formula is C9H19NS2. The minimum absolute atomic E-state index is 0.329. The third-order valence-corrected chi connectivity index (χ3v) is 7.26. The SMILES string of the molecule is CCC(C(C)N)C1(C)SSC1C. The summed E-state index contributed by atoms with van der Waals surface area (Å²) in [6.45, 7) is 9.05. The van der Waals surface area contributed by atoms with Gasteiger partial charge in [-0.1, -0.05) is 41.9 Å². The molecule has 1 nitrogen and oxygen atoms in total. The lowest BCUT2D eigenvalue weighted by atomic mass is 9.83. The Morgan fingerprint density at radius 1 is 1.58 bits per heavy atom. The highest BCUT2D eigenvalue weighted by Gasteiger charge is 2.48. The molecule has 3 heteroatoms. The van der Waals surface area contributed by atoms with Crippen molar-refractivity contribution in [3.63, 3.8) is 0 Å². The van der Waals surface area contributed by atoms with Crippen LogP contribution in [0.15, 0.2) is 0 Å². The summed E-state index contributed by atoms with van der Waals surface area (Å²) in [7, 11) is 4.00. The van der Waals surface area contributed by atoms with E-state index >= 15 is 0 Å². The predicted octanol–water partition coefficient (Wildman–Crippen LogP) is 2.90. The second kappa shape index (κ2) is 3.81. The predicted molar refractivity (Wildman–Crippen MR) is 60.5 cm³/mol. The fourth-order valence-electron chi connectivity index (χ4n) is 1.96. The molecule has 1 aliphatic rings. The van der Waals surface area contributed by atoms with Crippen LogP contribution in [0.5, 0.6) is 0 Å². The van der Waals surface area contributed by atoms with Crippen molar-refractivity contribution in [2.75, 3.05) is 0 Å². The van der Waals surface area contributed by atoms with Crippen molar-refractivity contribution in [3.05, 3.63) is 0 Å². The molecule has 0 amide bonds. The topological polar surface area (TPSA) is 26.0 Å². The molecule has 0 aromatic rings. The van der Waals surface area contributed by atoms with Gasteiger partial charge in [0.2, 0.25) is 0 Å². The molecule has 0 saturated carbocycles. The maximum atomic E-state index is 5.98. The zero-order valence-corrected chi connectivity index (χ0v) is 9.97. The Labute approximate surface area is 83.6 Å². The van der Waals surface area contributed by atoms with Gasteiger partial charge < -0.3 is 5.73 Å². The highest BCUT2D eigenvalue weighted by atomic mass is 33.1. The fraction of sp³-hybridized carbons (Fsp3) is 1.00. The Balaban J connectivity index is 2.64. The fourth-order valence-corrected chi connectivity index (χ4v) is 5.38. The average molecular weight is 205 g/mol. The molecule has 1 aliphatic heterocycles. The molecule has 1 saturated heterocycles. The van der Waals surface area contributed by atoms with Crippen molar-refractivity contribution in [2.24, 2.45) is 11.7 Å². The molecule has 0 bridgehead atoms. The maximum Gasteiger partial charge on any atom is 0.0402 e. The van der Waals surface area contributed by atoms with Crippen LogP contribution < -0.4 is 5.73 Å². The van der Waals surface area contributed by atoms with Gasteiger partial charge in [0.05, 0.1) is 0 Å². The minimum Gasteiger partial charge on any atom is -0.328 e. The van der Waals surface area contributed by atoms with Crippen molar-refractivity contribution in [2.45, 2.75) is 50.2 Å². The Morgan fingerprint density at radius 3 is 2.25 bits per heavy atom. The van der Waals surface area contributed by atoms with E-state index in [1.807, 2.05) is 21.6 Å². The first-order chi connectivity index (χ1) is 5.52. The number of hydrogen-bond donors (Lipinski definition) is 1. The average Bonchev–Trinajstić information content (AvgIpc) is 2.02. The Hall–Kier alpha value is 0.660. The first-order valence-corrected chi connectivity index (χ1v) is 6.83. The molecular weight excluding hydrogens is 186 g/mol. The van der Waals surface area contributed by atoms with Crippen LogP contribution in [0.25, 0.3) is 0 Å². The third kappa shape index (κ3) is 1.64. The van der Waals surface area contributed by atoms with Gasteiger partial charge in [0.25, 0.3) is 0 Å². The molecule has 1 heterocycles. The van der Waals surface area contributed by atoms with Gasteiger partial charge in [-0.15, -0.1) is 0 Å². The van der Waals surface area contributed by atoms with Gasteiger partial charge in [-0.2, -0.15) is 0 Å². The second-order valence-corrected chi connectivity index (χ2v) is 6.90. The summed E-state index contributed by atoms with van der Waals surface area (Å²) in [6.07, 6.45) is 1.20. The van der Waals surface area contributed by atoms with E-state index in [1.165, 1.54) is 6.42 Å². The third-order valence-electron chi connectivity index (χ3n) is 2.99. The molecule has 4 atom stereocenters. The first-order valence-electron chi connectivity index (χ1n) is 4.62. The van der Waals surface area contributed by atoms with Gasteiger partial charge >= 0.3 is 0 Å². The molecule has 72 valence electrons. The normalized spacial score (nSPS) is 40.2. The van der Waals surface area contributed by atoms with Crippen molar-refractivity contribution in [1.82, 2.24) is 0 Å². The van der Waals surface area contributed by atoms with E-state index < -0.39 is 0 Å². The second-order valence-electron chi connectivity index (χ2n) is 3.88. The zero-order chi connectivity index (χ0) is 9.35. The number of hydrogen-bond acceptors (Lipinski definition) is 3. The van der Waals surface area contributed by atoms with Crippen molar-refractivity contribution >= 4 is 21.6 Å². The molecule has 0 aromatic carbocycles. The van der Waals surface area contributed by atoms with Crippen LogP contribution in [0.4, 0.5) is 0 Å². The lowest BCUT2D eigenvalue weighted by Crippen LogP contribution is -2.51. The monoisotopic (exact) mass is 205 g/mol. The van der Waals surface area contributed by atoms with Crippen molar-refractivity contribution < 1.29 is 0 Å². The van der Waals surface area contributed by atoms with Gasteiger partial charge in [-0.25, -0.2) is 0 Å². The lowest BCUT2D eigenvalue weighted by molar-refractivity contribution is 0.331. The largest absolute Gasteiger partial charge is 0.328 e. The molecule has 0 radical (unpaired) electrons. The van der Waals surface area contributed by atoms with Crippen LogP contribution in [0.3, 0.4) is 0 Å². The van der Waals surface area contributed by atoms with Gasteiger partial charge in [0.15, 0.2) is 0 Å². The van der Waals surface area contributed by atoms with E-state index in [2.05, 4.69) is 27.7 Å². The van der Waals surface area contributed by atoms with Crippen molar-refractivity contribution in [3.8, 4) is 0 Å². The lowest BCUT2D eigenvalue weighted by Gasteiger charge is -2.50. The zero-order valence-electron chi connectivity index (χ0n) is 8.33. The first kappa shape index (κ1) is 10.7. The molecule has 1 fully saturated rings. The Kier molecular flexibility index (Phi) is 3.41. The summed E-state index contributed by atoms with van der Waals surface area (Å²) in [5, 5.41) is 0.762. The summed E-state index contributed by atoms with van der Waals surface area (Å²) < 4.78 is 0.424. The van der Waals surface area contributed by atoms with E-state index in [1.54, 1.807) is 0 Å². The van der Waals surface area contributed by atoms with Crippen LogP contribution in [0.2, 0.25) is 0 Å². The van der Waals surface area contributed by atoms with E-state index in [9.17, 15) is 0 Å². The standard InChI is InChI=1S/C9H19NS2/c1-5-8(6(2)10)9(4)7(3)11-12-9/h6-8H,5,10H2,1-4H3. The van der Waals surface area contributed by atoms with E-state index in [4.69, 9.17) is 5.73 Å². The minimum atomic E-state index is 0.329. The van der Waals surface area contributed by atoms with Crippen LogP contribution in [-0.2, 0) is 0 Å². The van der Waals surface area contributed by atoms with Gasteiger partial charge in [-0.3, -0.25) is 0 Å². The number of nitrogens with two attached hydrogens (primary N) is 1. The van der Waals surface area contributed by atoms with Crippen LogP contribution in [0.1, 0.15) is 34.1 Å². The smallest absolute Gasteiger partial charge is 0.0402 e. The maximum absolute atomic E-state index is 5.98. The van der Waals surface area contributed by atoms with Gasteiger partial charge in [0, 0.05) is 16.0 Å².